The Labute approximate surface area is 212 Å². The van der Waals surface area contributed by atoms with Gasteiger partial charge >= 0.3 is 5.97 Å². The number of hydrogen-bond acceptors (Lipinski definition) is 8. The second kappa shape index (κ2) is 11.5. The number of thiophene rings is 1. The summed E-state index contributed by atoms with van der Waals surface area (Å²) in [5, 5.41) is 17.6. The highest BCUT2D eigenvalue weighted by Crippen LogP contribution is 2.33. The predicted octanol–water partition coefficient (Wildman–Crippen LogP) is 5.96. The number of hydrogen-bond donors (Lipinski definition) is 1. The van der Waals surface area contributed by atoms with Gasteiger partial charge in [-0.1, -0.05) is 44.7 Å². The van der Waals surface area contributed by atoms with Crippen LogP contribution in [0.4, 0.5) is 0 Å². The first-order valence-electron chi connectivity index (χ1n) is 11.4. The molecule has 0 radical (unpaired) electrons. The topological polar surface area (TPSA) is 104 Å². The number of rotatable bonds is 10. The van der Waals surface area contributed by atoms with Crippen LogP contribution in [-0.2, 0) is 4.79 Å². The van der Waals surface area contributed by atoms with Crippen molar-refractivity contribution >= 4 is 57.1 Å². The summed E-state index contributed by atoms with van der Waals surface area (Å²) in [6.07, 6.45) is 8.19. The van der Waals surface area contributed by atoms with Gasteiger partial charge in [-0.15, -0.1) is 11.3 Å². The number of carbonyl (C=O) groups excluding carboxylic acids is 2. The van der Waals surface area contributed by atoms with Gasteiger partial charge in [0, 0.05) is 0 Å². The van der Waals surface area contributed by atoms with E-state index in [1.165, 1.54) is 54.5 Å². The molecule has 182 valence electrons. The van der Waals surface area contributed by atoms with Crippen molar-refractivity contribution in [2.45, 2.75) is 45.4 Å². The van der Waals surface area contributed by atoms with E-state index >= 15 is 0 Å². The number of amides is 1. The fraction of sp³-hybridized carbons (Fsp3) is 0.320. The summed E-state index contributed by atoms with van der Waals surface area (Å²) < 4.78 is 10.8. The van der Waals surface area contributed by atoms with Crippen molar-refractivity contribution in [1.82, 2.24) is 5.01 Å². The lowest BCUT2D eigenvalue weighted by Crippen LogP contribution is -2.35. The zero-order chi connectivity index (χ0) is 24.8. The summed E-state index contributed by atoms with van der Waals surface area (Å²) >= 11 is 2.65. The number of ether oxygens (including phenoxy) is 2. The molecule has 2 aliphatic heterocycles. The molecular weight excluding hydrogens is 484 g/mol. The number of nitrogens with zero attached hydrogens (tertiary/aromatic N) is 3. The Bertz CT molecular complexity index is 1220. The molecule has 0 atom stereocenters. The Morgan fingerprint density at radius 3 is 2.74 bits per heavy atom. The molecule has 2 aliphatic rings. The van der Waals surface area contributed by atoms with Gasteiger partial charge in [-0.25, -0.2) is 4.79 Å². The van der Waals surface area contributed by atoms with E-state index in [2.05, 4.69) is 17.0 Å². The second-order valence-electron chi connectivity index (χ2n) is 7.96. The lowest BCUT2D eigenvalue weighted by atomic mass is 10.1. The summed E-state index contributed by atoms with van der Waals surface area (Å²) in [5.74, 6) is -0.368. The molecule has 10 heteroatoms. The Hall–Kier alpha value is -3.24. The number of benzene rings is 1. The molecule has 1 aromatic carbocycles. The minimum absolute atomic E-state index is 0.0133. The SMILES string of the molecule is CCCCCCCC1=NN2C(=N)/C(=C/c3ccc(OC(=O)c4cccs4)c(OC)c3)C(=O)N=C2S1. The molecule has 4 rings (SSSR count). The largest absolute Gasteiger partial charge is 0.493 e. The highest BCUT2D eigenvalue weighted by molar-refractivity contribution is 8.26. The molecule has 2 aromatic rings. The second-order valence-corrected chi connectivity index (χ2v) is 9.94. The molecule has 0 saturated carbocycles. The molecule has 1 aromatic heterocycles. The van der Waals surface area contributed by atoms with Crippen LogP contribution in [0.5, 0.6) is 11.5 Å². The van der Waals surface area contributed by atoms with Crippen molar-refractivity contribution in [3.05, 3.63) is 51.7 Å². The first-order valence-corrected chi connectivity index (χ1v) is 13.1. The van der Waals surface area contributed by atoms with E-state index in [1.807, 2.05) is 0 Å². The van der Waals surface area contributed by atoms with Gasteiger partial charge in [0.2, 0.25) is 5.17 Å². The first kappa shape index (κ1) is 24.9. The number of nitrogens with one attached hydrogen (secondary N) is 1. The number of carbonyl (C=O) groups is 2. The van der Waals surface area contributed by atoms with Crippen LogP contribution in [0.1, 0.15) is 60.7 Å². The summed E-state index contributed by atoms with van der Waals surface area (Å²) in [7, 11) is 1.47. The zero-order valence-corrected chi connectivity index (χ0v) is 21.2. The van der Waals surface area contributed by atoms with Crippen molar-refractivity contribution in [2.75, 3.05) is 7.11 Å². The Balaban J connectivity index is 1.48. The van der Waals surface area contributed by atoms with Crippen molar-refractivity contribution in [1.29, 1.82) is 5.41 Å². The minimum atomic E-state index is -0.486. The normalized spacial score (nSPS) is 16.3. The third-order valence-corrected chi connectivity index (χ3v) is 7.23. The van der Waals surface area contributed by atoms with E-state index in [0.29, 0.717) is 21.4 Å². The maximum absolute atomic E-state index is 12.7. The van der Waals surface area contributed by atoms with Crippen LogP contribution < -0.4 is 9.47 Å². The van der Waals surface area contributed by atoms with Crippen LogP contribution in [0.2, 0.25) is 0 Å². The van der Waals surface area contributed by atoms with Crippen LogP contribution in [0.25, 0.3) is 6.08 Å². The van der Waals surface area contributed by atoms with Crippen molar-refractivity contribution < 1.29 is 19.1 Å². The molecule has 0 saturated heterocycles. The quantitative estimate of drug-likeness (QED) is 0.183. The number of fused-ring (bicyclic) bond motifs is 1. The molecule has 0 bridgehead atoms. The minimum Gasteiger partial charge on any atom is -0.493 e. The van der Waals surface area contributed by atoms with Gasteiger partial charge in [0.25, 0.3) is 5.91 Å². The average Bonchev–Trinajstić information content (AvgIpc) is 3.53. The number of thioether (sulfide) groups is 1. The van der Waals surface area contributed by atoms with E-state index in [1.54, 1.807) is 41.8 Å². The molecule has 35 heavy (non-hydrogen) atoms. The molecular formula is C25H26N4O4S2. The molecule has 0 fully saturated rings. The van der Waals surface area contributed by atoms with Crippen LogP contribution in [0.15, 0.2) is 51.4 Å². The van der Waals surface area contributed by atoms with E-state index < -0.39 is 11.9 Å². The molecule has 0 aliphatic carbocycles. The Morgan fingerprint density at radius 1 is 1.17 bits per heavy atom. The number of amidine groups is 2. The van der Waals surface area contributed by atoms with E-state index in [4.69, 9.17) is 14.9 Å². The summed E-state index contributed by atoms with van der Waals surface area (Å²) in [6, 6.07) is 8.40. The molecule has 1 N–H and O–H groups in total. The van der Waals surface area contributed by atoms with Gasteiger partial charge in [-0.3, -0.25) is 10.2 Å². The number of aliphatic imine (C=N–C) groups is 1. The Morgan fingerprint density at radius 2 is 2.00 bits per heavy atom. The maximum atomic E-state index is 12.7. The van der Waals surface area contributed by atoms with Gasteiger partial charge in [0.15, 0.2) is 17.3 Å². The fourth-order valence-corrected chi connectivity index (χ4v) is 5.11. The third kappa shape index (κ3) is 5.88. The van der Waals surface area contributed by atoms with Crippen LogP contribution in [-0.4, -0.2) is 40.0 Å². The van der Waals surface area contributed by atoms with Gasteiger partial charge in [0.05, 0.1) is 12.7 Å². The van der Waals surface area contributed by atoms with Gasteiger partial charge in [-0.05, 0) is 59.8 Å². The lowest BCUT2D eigenvalue weighted by Gasteiger charge is -2.20. The highest BCUT2D eigenvalue weighted by atomic mass is 32.2. The summed E-state index contributed by atoms with van der Waals surface area (Å²) in [6.45, 7) is 2.19. The van der Waals surface area contributed by atoms with Crippen LogP contribution >= 0.6 is 23.1 Å². The van der Waals surface area contributed by atoms with E-state index in [-0.39, 0.29) is 17.2 Å². The predicted molar refractivity (Wildman–Crippen MR) is 141 cm³/mol. The monoisotopic (exact) mass is 510 g/mol. The van der Waals surface area contributed by atoms with Crippen molar-refractivity contribution in [3.63, 3.8) is 0 Å². The Kier molecular flexibility index (Phi) is 8.14. The molecule has 3 heterocycles. The van der Waals surface area contributed by atoms with Gasteiger partial charge in [-0.2, -0.15) is 15.1 Å². The number of esters is 1. The summed E-state index contributed by atoms with van der Waals surface area (Å²) in [5.41, 5.74) is 0.740. The molecule has 1 amide bonds. The first-order chi connectivity index (χ1) is 17.0. The summed E-state index contributed by atoms with van der Waals surface area (Å²) in [4.78, 5) is 29.6. The smallest absolute Gasteiger partial charge is 0.353 e. The van der Waals surface area contributed by atoms with Crippen molar-refractivity contribution in [3.8, 4) is 11.5 Å². The fourth-order valence-electron chi connectivity index (χ4n) is 3.58. The van der Waals surface area contributed by atoms with Crippen LogP contribution in [0, 0.1) is 5.41 Å². The zero-order valence-electron chi connectivity index (χ0n) is 19.6. The molecule has 0 spiro atoms. The maximum Gasteiger partial charge on any atom is 0.353 e. The highest BCUT2D eigenvalue weighted by Gasteiger charge is 2.35. The third-order valence-electron chi connectivity index (χ3n) is 5.41. The van der Waals surface area contributed by atoms with Gasteiger partial charge < -0.3 is 9.47 Å². The average molecular weight is 511 g/mol. The standard InChI is InChI=1S/C25H26N4O4S2/c1-3-4-5-6-7-10-21-28-29-22(26)17(23(30)27-25(29)35-21)14-16-11-12-18(19(15-16)32-2)33-24(31)20-9-8-13-34-20/h8-9,11-15,26H,3-7,10H2,1-2H3/b17-14-,26-22?. The number of unbranched alkanes of at least 4 members (excludes halogenated alkanes) is 4. The van der Waals surface area contributed by atoms with E-state index in [9.17, 15) is 9.59 Å². The van der Waals surface area contributed by atoms with E-state index in [0.717, 1.165) is 24.3 Å². The van der Waals surface area contributed by atoms with Gasteiger partial charge in [0.1, 0.15) is 9.92 Å². The number of hydrazone groups is 1. The molecule has 0 unspecified atom stereocenters. The van der Waals surface area contributed by atoms with Crippen molar-refractivity contribution in [2.24, 2.45) is 10.1 Å². The molecule has 8 nitrogen and oxygen atoms in total. The lowest BCUT2D eigenvalue weighted by molar-refractivity contribution is -0.114. The number of methoxy groups -OCH3 is 1. The van der Waals surface area contributed by atoms with Crippen LogP contribution in [0.3, 0.4) is 0 Å².